The molecule has 26 heavy (non-hydrogen) atoms. The SMILES string of the molecule is C/C(=N\Nc1nc(SCC(=O)Nc2ccccn2)n[nH]1)c1ccccn1. The van der Waals surface area contributed by atoms with E-state index in [4.69, 9.17) is 0 Å². The number of nitrogens with zero attached hydrogens (tertiary/aromatic N) is 5. The molecule has 0 aliphatic rings. The third-order valence-electron chi connectivity index (χ3n) is 3.09. The van der Waals surface area contributed by atoms with Gasteiger partial charge in [-0.25, -0.2) is 15.5 Å². The van der Waals surface area contributed by atoms with Crippen molar-refractivity contribution >= 4 is 35.1 Å². The number of hydrogen-bond donors (Lipinski definition) is 3. The van der Waals surface area contributed by atoms with E-state index in [-0.39, 0.29) is 11.7 Å². The number of H-pyrrole nitrogens is 1. The number of thioether (sulfide) groups is 1. The van der Waals surface area contributed by atoms with Gasteiger partial charge < -0.3 is 5.32 Å². The molecule has 9 nitrogen and oxygen atoms in total. The minimum Gasteiger partial charge on any atom is -0.310 e. The van der Waals surface area contributed by atoms with Crippen LogP contribution in [-0.4, -0.2) is 42.5 Å². The summed E-state index contributed by atoms with van der Waals surface area (Å²) in [6, 6.07) is 10.9. The number of pyridine rings is 2. The van der Waals surface area contributed by atoms with E-state index in [1.807, 2.05) is 25.1 Å². The third-order valence-corrected chi connectivity index (χ3v) is 3.94. The molecule has 0 atom stereocenters. The summed E-state index contributed by atoms with van der Waals surface area (Å²) in [5, 5.41) is 14.1. The molecule has 0 aromatic carbocycles. The Hall–Kier alpha value is -3.27. The molecule has 3 heterocycles. The summed E-state index contributed by atoms with van der Waals surface area (Å²) in [5.74, 6) is 0.879. The first kappa shape index (κ1) is 17.5. The second-order valence-electron chi connectivity index (χ2n) is 5.04. The average molecular weight is 368 g/mol. The van der Waals surface area contributed by atoms with E-state index in [0.29, 0.717) is 22.6 Å². The van der Waals surface area contributed by atoms with Gasteiger partial charge in [-0.3, -0.25) is 9.78 Å². The molecule has 3 aromatic rings. The van der Waals surface area contributed by atoms with Crippen LogP contribution in [0.15, 0.2) is 59.0 Å². The number of hydrogen-bond acceptors (Lipinski definition) is 8. The lowest BCUT2D eigenvalue weighted by Gasteiger charge is -2.01. The van der Waals surface area contributed by atoms with Crippen LogP contribution in [0.4, 0.5) is 11.8 Å². The third kappa shape index (κ3) is 5.11. The lowest BCUT2D eigenvalue weighted by molar-refractivity contribution is -0.113. The molecular formula is C16H16N8OS. The highest BCUT2D eigenvalue weighted by Crippen LogP contribution is 2.14. The van der Waals surface area contributed by atoms with Gasteiger partial charge in [0, 0.05) is 12.4 Å². The van der Waals surface area contributed by atoms with Crippen molar-refractivity contribution in [2.24, 2.45) is 5.10 Å². The van der Waals surface area contributed by atoms with E-state index in [1.54, 1.807) is 30.6 Å². The molecule has 0 aliphatic heterocycles. The zero-order valence-corrected chi connectivity index (χ0v) is 14.7. The van der Waals surface area contributed by atoms with E-state index in [0.717, 1.165) is 5.69 Å². The average Bonchev–Trinajstić information content (AvgIpc) is 3.14. The molecule has 0 aliphatic carbocycles. The first-order valence-electron chi connectivity index (χ1n) is 7.68. The summed E-state index contributed by atoms with van der Waals surface area (Å²) >= 11 is 1.21. The lowest BCUT2D eigenvalue weighted by Crippen LogP contribution is -2.14. The van der Waals surface area contributed by atoms with Gasteiger partial charge in [0.1, 0.15) is 5.82 Å². The Morgan fingerprint density at radius 3 is 2.73 bits per heavy atom. The van der Waals surface area contributed by atoms with Crippen molar-refractivity contribution in [3.05, 3.63) is 54.5 Å². The molecule has 0 saturated carbocycles. The zero-order chi connectivity index (χ0) is 18.2. The van der Waals surface area contributed by atoms with Crippen molar-refractivity contribution in [2.45, 2.75) is 12.1 Å². The first-order valence-corrected chi connectivity index (χ1v) is 8.67. The van der Waals surface area contributed by atoms with Crippen LogP contribution in [-0.2, 0) is 4.79 Å². The molecule has 0 radical (unpaired) electrons. The molecule has 1 amide bonds. The topological polar surface area (TPSA) is 121 Å². The Kier molecular flexibility index (Phi) is 5.88. The van der Waals surface area contributed by atoms with Gasteiger partial charge in [0.25, 0.3) is 0 Å². The zero-order valence-electron chi connectivity index (χ0n) is 13.9. The smallest absolute Gasteiger partial charge is 0.240 e. The predicted molar refractivity (Wildman–Crippen MR) is 100 cm³/mol. The maximum Gasteiger partial charge on any atom is 0.240 e. The van der Waals surface area contributed by atoms with Crippen LogP contribution in [0.5, 0.6) is 0 Å². The normalized spacial score (nSPS) is 11.2. The fraction of sp³-hybridized carbons (Fsp3) is 0.125. The number of aromatic amines is 1. The summed E-state index contributed by atoms with van der Waals surface area (Å²) in [7, 11) is 0. The second kappa shape index (κ2) is 8.72. The Morgan fingerprint density at radius 2 is 2.00 bits per heavy atom. The van der Waals surface area contributed by atoms with E-state index in [2.05, 4.69) is 41.0 Å². The standard InChI is InChI=1S/C16H16N8OS/c1-11(12-6-2-4-8-17-12)21-22-15-20-16(24-23-15)26-10-14(25)19-13-7-3-5-9-18-13/h2-9H,10H2,1H3,(H,18,19,25)(H2,20,22,23,24)/b21-11+. The summed E-state index contributed by atoms with van der Waals surface area (Å²) in [6.07, 6.45) is 3.32. The summed E-state index contributed by atoms with van der Waals surface area (Å²) < 4.78 is 0. The minimum absolute atomic E-state index is 0.171. The van der Waals surface area contributed by atoms with E-state index >= 15 is 0 Å². The number of rotatable bonds is 7. The fourth-order valence-corrected chi connectivity index (χ4v) is 2.48. The maximum absolute atomic E-state index is 11.9. The van der Waals surface area contributed by atoms with Gasteiger partial charge >= 0.3 is 0 Å². The Labute approximate surface area is 153 Å². The lowest BCUT2D eigenvalue weighted by atomic mass is 10.3. The Balaban J connectivity index is 1.49. The van der Waals surface area contributed by atoms with Crippen LogP contribution in [0.25, 0.3) is 0 Å². The Bertz CT molecular complexity index is 882. The van der Waals surface area contributed by atoms with E-state index in [1.165, 1.54) is 11.8 Å². The summed E-state index contributed by atoms with van der Waals surface area (Å²) in [6.45, 7) is 1.84. The number of aromatic nitrogens is 5. The van der Waals surface area contributed by atoms with Crippen LogP contribution in [0.1, 0.15) is 12.6 Å². The number of carbonyl (C=O) groups excluding carboxylic acids is 1. The van der Waals surface area contributed by atoms with Crippen molar-refractivity contribution in [1.82, 2.24) is 25.1 Å². The van der Waals surface area contributed by atoms with Crippen molar-refractivity contribution < 1.29 is 4.79 Å². The molecule has 0 bridgehead atoms. The molecule has 0 spiro atoms. The van der Waals surface area contributed by atoms with Crippen LogP contribution in [0, 0.1) is 0 Å². The van der Waals surface area contributed by atoms with Crippen molar-refractivity contribution in [1.29, 1.82) is 0 Å². The van der Waals surface area contributed by atoms with Gasteiger partial charge in [-0.15, -0.1) is 5.10 Å². The van der Waals surface area contributed by atoms with Crippen molar-refractivity contribution in [2.75, 3.05) is 16.5 Å². The molecular weight excluding hydrogens is 352 g/mol. The molecule has 132 valence electrons. The highest BCUT2D eigenvalue weighted by molar-refractivity contribution is 7.99. The number of hydrazone groups is 1. The van der Waals surface area contributed by atoms with Gasteiger partial charge in [-0.1, -0.05) is 23.9 Å². The number of anilines is 2. The maximum atomic E-state index is 11.9. The largest absolute Gasteiger partial charge is 0.310 e. The van der Waals surface area contributed by atoms with Crippen LogP contribution >= 0.6 is 11.8 Å². The molecule has 3 aromatic heterocycles. The predicted octanol–water partition coefficient (Wildman–Crippen LogP) is 2.16. The summed E-state index contributed by atoms with van der Waals surface area (Å²) in [4.78, 5) is 24.3. The van der Waals surface area contributed by atoms with Crippen molar-refractivity contribution in [3.8, 4) is 0 Å². The monoisotopic (exact) mass is 368 g/mol. The number of carbonyl (C=O) groups is 1. The van der Waals surface area contributed by atoms with Gasteiger partial charge in [-0.05, 0) is 31.2 Å². The van der Waals surface area contributed by atoms with Crippen LogP contribution in [0.2, 0.25) is 0 Å². The number of nitrogens with one attached hydrogen (secondary N) is 3. The fourth-order valence-electron chi connectivity index (χ4n) is 1.88. The highest BCUT2D eigenvalue weighted by Gasteiger charge is 2.08. The Morgan fingerprint density at radius 1 is 1.19 bits per heavy atom. The first-order chi connectivity index (χ1) is 12.7. The molecule has 0 unspecified atom stereocenters. The van der Waals surface area contributed by atoms with Gasteiger partial charge in [0.05, 0.1) is 17.2 Å². The molecule has 0 saturated heterocycles. The second-order valence-corrected chi connectivity index (χ2v) is 5.98. The quantitative estimate of drug-likeness (QED) is 0.332. The van der Waals surface area contributed by atoms with Gasteiger partial charge in [0.15, 0.2) is 0 Å². The van der Waals surface area contributed by atoms with E-state index in [9.17, 15) is 4.79 Å². The minimum atomic E-state index is -0.183. The number of amides is 1. The van der Waals surface area contributed by atoms with Gasteiger partial charge in [-0.2, -0.15) is 10.1 Å². The summed E-state index contributed by atoms with van der Waals surface area (Å²) in [5.41, 5.74) is 4.26. The van der Waals surface area contributed by atoms with Crippen molar-refractivity contribution in [3.63, 3.8) is 0 Å². The van der Waals surface area contributed by atoms with E-state index < -0.39 is 0 Å². The van der Waals surface area contributed by atoms with Gasteiger partial charge in [0.2, 0.25) is 17.0 Å². The molecule has 3 rings (SSSR count). The van der Waals surface area contributed by atoms with Crippen LogP contribution in [0.3, 0.4) is 0 Å². The molecule has 3 N–H and O–H groups in total. The highest BCUT2D eigenvalue weighted by atomic mass is 32.2. The molecule has 0 fully saturated rings. The molecule has 10 heteroatoms. The van der Waals surface area contributed by atoms with Crippen LogP contribution < -0.4 is 10.7 Å².